The number of ether oxygens (including phenoxy) is 3. The Bertz CT molecular complexity index is 1270. The molecule has 168 valence electrons. The SMILES string of the molecule is COc1cc2c(Oc3ccc4[nH]c(C)cc4c3F)ncnc2cc1OCC1CC(N)C1.Cl. The third kappa shape index (κ3) is 4.03. The zero-order valence-corrected chi connectivity index (χ0v) is 18.5. The van der Waals surface area contributed by atoms with Crippen molar-refractivity contribution in [2.24, 2.45) is 11.7 Å². The van der Waals surface area contributed by atoms with Crippen LogP contribution in [-0.4, -0.2) is 34.7 Å². The van der Waals surface area contributed by atoms with E-state index in [1.165, 1.54) is 6.33 Å². The van der Waals surface area contributed by atoms with Crippen LogP contribution in [0.25, 0.3) is 21.8 Å². The first-order valence-corrected chi connectivity index (χ1v) is 10.2. The van der Waals surface area contributed by atoms with Crippen LogP contribution in [-0.2, 0) is 0 Å². The molecule has 0 spiro atoms. The molecule has 7 nitrogen and oxygen atoms in total. The molecule has 0 bridgehead atoms. The summed E-state index contributed by atoms with van der Waals surface area (Å²) in [4.78, 5) is 11.7. The Morgan fingerprint density at radius 3 is 2.66 bits per heavy atom. The number of rotatable bonds is 6. The van der Waals surface area contributed by atoms with Crippen molar-refractivity contribution < 1.29 is 18.6 Å². The molecule has 1 aliphatic rings. The fourth-order valence-corrected chi connectivity index (χ4v) is 4.00. The van der Waals surface area contributed by atoms with Gasteiger partial charge >= 0.3 is 0 Å². The maximum absolute atomic E-state index is 15.0. The number of hydrogen-bond acceptors (Lipinski definition) is 6. The van der Waals surface area contributed by atoms with Crippen LogP contribution < -0.4 is 19.9 Å². The minimum Gasteiger partial charge on any atom is -0.493 e. The van der Waals surface area contributed by atoms with E-state index in [4.69, 9.17) is 19.9 Å². The number of aryl methyl sites for hydroxylation is 1. The number of aromatic nitrogens is 3. The lowest BCUT2D eigenvalue weighted by Gasteiger charge is -2.32. The zero-order chi connectivity index (χ0) is 21.5. The number of aromatic amines is 1. The Labute approximate surface area is 190 Å². The van der Waals surface area contributed by atoms with Gasteiger partial charge in [-0.05, 0) is 49.9 Å². The van der Waals surface area contributed by atoms with Gasteiger partial charge in [0, 0.05) is 28.7 Å². The summed E-state index contributed by atoms with van der Waals surface area (Å²) in [6.07, 6.45) is 3.31. The van der Waals surface area contributed by atoms with Gasteiger partial charge in [-0.1, -0.05) is 0 Å². The van der Waals surface area contributed by atoms with Crippen molar-refractivity contribution >= 4 is 34.2 Å². The standard InChI is InChI=1S/C23H23FN4O3.ClH/c1-12-5-15-17(28-12)3-4-19(22(15)24)31-23-16-8-20(29-2)21(9-18(16)26-11-27-23)30-10-13-6-14(25)7-13;/h3-5,8-9,11,13-14,28H,6-7,10,25H2,1-2H3;1H. The highest BCUT2D eigenvalue weighted by Gasteiger charge is 2.27. The molecule has 2 aromatic heterocycles. The van der Waals surface area contributed by atoms with Crippen molar-refractivity contribution in [2.75, 3.05) is 13.7 Å². The third-order valence-electron chi connectivity index (χ3n) is 5.67. The van der Waals surface area contributed by atoms with Gasteiger partial charge in [-0.2, -0.15) is 0 Å². The van der Waals surface area contributed by atoms with E-state index in [0.717, 1.165) is 18.5 Å². The van der Waals surface area contributed by atoms with E-state index < -0.39 is 5.82 Å². The Hall–Kier alpha value is -3.10. The largest absolute Gasteiger partial charge is 0.493 e. The lowest BCUT2D eigenvalue weighted by molar-refractivity contribution is 0.156. The van der Waals surface area contributed by atoms with Crippen molar-refractivity contribution in [1.82, 2.24) is 15.0 Å². The first-order chi connectivity index (χ1) is 15.0. The highest BCUT2D eigenvalue weighted by molar-refractivity contribution is 5.87. The predicted octanol–water partition coefficient (Wildman–Crippen LogP) is 4.90. The average molecular weight is 459 g/mol. The number of fused-ring (bicyclic) bond motifs is 2. The maximum Gasteiger partial charge on any atom is 0.230 e. The summed E-state index contributed by atoms with van der Waals surface area (Å²) in [5.74, 6) is 1.47. The van der Waals surface area contributed by atoms with Crippen LogP contribution >= 0.6 is 12.4 Å². The Morgan fingerprint density at radius 1 is 1.09 bits per heavy atom. The molecule has 5 rings (SSSR count). The minimum absolute atomic E-state index is 0. The van der Waals surface area contributed by atoms with Gasteiger partial charge in [0.2, 0.25) is 5.88 Å². The van der Waals surface area contributed by atoms with E-state index in [-0.39, 0.29) is 30.1 Å². The molecule has 0 saturated heterocycles. The van der Waals surface area contributed by atoms with Gasteiger partial charge in [-0.25, -0.2) is 14.4 Å². The van der Waals surface area contributed by atoms with Crippen molar-refractivity contribution in [3.05, 3.63) is 48.2 Å². The molecule has 1 fully saturated rings. The summed E-state index contributed by atoms with van der Waals surface area (Å²) >= 11 is 0. The van der Waals surface area contributed by atoms with E-state index >= 15 is 0 Å². The highest BCUT2D eigenvalue weighted by Crippen LogP contribution is 2.38. The molecular weight excluding hydrogens is 435 g/mol. The van der Waals surface area contributed by atoms with Gasteiger partial charge in [0.25, 0.3) is 0 Å². The molecule has 1 saturated carbocycles. The lowest BCUT2D eigenvalue weighted by Crippen LogP contribution is -2.39. The first-order valence-electron chi connectivity index (χ1n) is 10.2. The van der Waals surface area contributed by atoms with Crippen LogP contribution in [0.5, 0.6) is 23.1 Å². The van der Waals surface area contributed by atoms with Gasteiger partial charge in [0.15, 0.2) is 23.1 Å². The second-order valence-electron chi connectivity index (χ2n) is 8.00. The predicted molar refractivity (Wildman–Crippen MR) is 123 cm³/mol. The number of methoxy groups -OCH3 is 1. The number of nitrogens with zero attached hydrogens (tertiary/aromatic N) is 2. The summed E-state index contributed by atoms with van der Waals surface area (Å²) in [6, 6.07) is 8.92. The Kier molecular flexibility index (Phi) is 6.08. The van der Waals surface area contributed by atoms with Crippen LogP contribution in [0.1, 0.15) is 18.5 Å². The number of benzene rings is 2. The van der Waals surface area contributed by atoms with E-state index in [2.05, 4.69) is 15.0 Å². The Balaban J connectivity index is 0.00000245. The summed E-state index contributed by atoms with van der Waals surface area (Å²) in [5.41, 5.74) is 8.06. The maximum atomic E-state index is 15.0. The number of hydrogen-bond donors (Lipinski definition) is 2. The third-order valence-corrected chi connectivity index (χ3v) is 5.67. The second-order valence-corrected chi connectivity index (χ2v) is 8.00. The number of nitrogens with one attached hydrogen (secondary N) is 1. The van der Waals surface area contributed by atoms with E-state index in [1.807, 2.05) is 6.92 Å². The smallest absolute Gasteiger partial charge is 0.230 e. The topological polar surface area (TPSA) is 95.3 Å². The molecule has 0 aliphatic heterocycles. The summed E-state index contributed by atoms with van der Waals surface area (Å²) < 4.78 is 32.3. The Morgan fingerprint density at radius 2 is 1.91 bits per heavy atom. The second kappa shape index (κ2) is 8.80. The molecule has 9 heteroatoms. The molecule has 0 amide bonds. The van der Waals surface area contributed by atoms with Crippen LogP contribution in [0.15, 0.2) is 36.7 Å². The zero-order valence-electron chi connectivity index (χ0n) is 17.7. The monoisotopic (exact) mass is 458 g/mol. The van der Waals surface area contributed by atoms with Gasteiger partial charge in [-0.3, -0.25) is 0 Å². The molecule has 2 aromatic carbocycles. The van der Waals surface area contributed by atoms with E-state index in [0.29, 0.717) is 45.8 Å². The minimum atomic E-state index is -0.445. The van der Waals surface area contributed by atoms with Crippen molar-refractivity contribution in [1.29, 1.82) is 0 Å². The molecular formula is C23H24ClFN4O3. The number of H-pyrrole nitrogens is 1. The first kappa shape index (κ1) is 22.1. The molecule has 3 N–H and O–H groups in total. The quantitative estimate of drug-likeness (QED) is 0.427. The van der Waals surface area contributed by atoms with Crippen LogP contribution in [0, 0.1) is 18.7 Å². The van der Waals surface area contributed by atoms with E-state index in [9.17, 15) is 4.39 Å². The normalized spacial score (nSPS) is 17.6. The van der Waals surface area contributed by atoms with Crippen LogP contribution in [0.4, 0.5) is 4.39 Å². The van der Waals surface area contributed by atoms with Gasteiger partial charge < -0.3 is 24.9 Å². The molecule has 1 aliphatic carbocycles. The van der Waals surface area contributed by atoms with E-state index in [1.54, 1.807) is 37.4 Å². The highest BCUT2D eigenvalue weighted by atomic mass is 35.5. The van der Waals surface area contributed by atoms with Crippen molar-refractivity contribution in [2.45, 2.75) is 25.8 Å². The van der Waals surface area contributed by atoms with Crippen LogP contribution in [0.3, 0.4) is 0 Å². The van der Waals surface area contributed by atoms with Gasteiger partial charge in [0.05, 0.1) is 24.6 Å². The molecule has 0 unspecified atom stereocenters. The molecule has 32 heavy (non-hydrogen) atoms. The van der Waals surface area contributed by atoms with Gasteiger partial charge in [-0.15, -0.1) is 12.4 Å². The molecule has 0 atom stereocenters. The average Bonchev–Trinajstić information content (AvgIpc) is 3.13. The molecule has 4 aromatic rings. The number of nitrogens with two attached hydrogens (primary N) is 1. The molecule has 0 radical (unpaired) electrons. The summed E-state index contributed by atoms with van der Waals surface area (Å²) in [6.45, 7) is 2.45. The summed E-state index contributed by atoms with van der Waals surface area (Å²) in [7, 11) is 1.57. The van der Waals surface area contributed by atoms with Crippen LogP contribution in [0.2, 0.25) is 0 Å². The number of halogens is 2. The fraction of sp³-hybridized carbons (Fsp3) is 0.304. The van der Waals surface area contributed by atoms with Crippen molar-refractivity contribution in [3.8, 4) is 23.1 Å². The summed E-state index contributed by atoms with van der Waals surface area (Å²) in [5, 5.41) is 1.07. The lowest BCUT2D eigenvalue weighted by atomic mass is 9.82. The van der Waals surface area contributed by atoms with Gasteiger partial charge in [0.1, 0.15) is 6.33 Å². The van der Waals surface area contributed by atoms with Crippen molar-refractivity contribution in [3.63, 3.8) is 0 Å². The molecule has 2 heterocycles. The fourth-order valence-electron chi connectivity index (χ4n) is 4.00.